The van der Waals surface area contributed by atoms with Crippen LogP contribution in [-0.2, 0) is 6.42 Å². The summed E-state index contributed by atoms with van der Waals surface area (Å²) in [6.07, 6.45) is -3.41. The Morgan fingerprint density at radius 2 is 2.00 bits per heavy atom. The first kappa shape index (κ1) is 23.4. The lowest BCUT2D eigenvalue weighted by atomic mass is 10.2. The molecular weight excluding hydrogens is 478 g/mol. The third-order valence-electron chi connectivity index (χ3n) is 4.27. The second kappa shape index (κ2) is 10.6. The number of guanidine groups is 1. The van der Waals surface area contributed by atoms with Crippen LogP contribution in [0.4, 0.5) is 13.2 Å². The van der Waals surface area contributed by atoms with Gasteiger partial charge in [-0.1, -0.05) is 0 Å². The molecule has 0 aromatic carbocycles. The summed E-state index contributed by atoms with van der Waals surface area (Å²) in [7, 11) is 0. The van der Waals surface area contributed by atoms with E-state index in [4.69, 9.17) is 0 Å². The van der Waals surface area contributed by atoms with E-state index < -0.39 is 12.2 Å². The van der Waals surface area contributed by atoms with E-state index in [0.717, 1.165) is 29.6 Å². The van der Waals surface area contributed by atoms with Crippen LogP contribution in [0.15, 0.2) is 10.4 Å². The zero-order valence-electron chi connectivity index (χ0n) is 15.3. The monoisotopic (exact) mass is 505 g/mol. The van der Waals surface area contributed by atoms with Gasteiger partial charge in [0.15, 0.2) is 5.96 Å². The minimum absolute atomic E-state index is 0. The van der Waals surface area contributed by atoms with Crippen LogP contribution >= 0.6 is 35.3 Å². The van der Waals surface area contributed by atoms with Crippen molar-refractivity contribution < 1.29 is 13.2 Å². The summed E-state index contributed by atoms with van der Waals surface area (Å²) in [4.78, 5) is 12.6. The maximum absolute atomic E-state index is 12.8. The summed E-state index contributed by atoms with van der Waals surface area (Å²) in [5.41, 5.74) is 1.03. The standard InChI is InChI=1S/C16H26F3N5S.HI/c1-4-20-15(21-6-5-14-11-25-13(3)22-14)24-9-7-23(8-10-24)12(2)16(17,18)19;/h11-12H,4-10H2,1-3H3,(H,20,21);1H. The first-order chi connectivity index (χ1) is 11.8. The van der Waals surface area contributed by atoms with Gasteiger partial charge in [0.25, 0.3) is 0 Å². The van der Waals surface area contributed by atoms with E-state index in [9.17, 15) is 13.2 Å². The van der Waals surface area contributed by atoms with Gasteiger partial charge in [-0.2, -0.15) is 13.2 Å². The molecule has 1 fully saturated rings. The lowest BCUT2D eigenvalue weighted by Gasteiger charge is -2.39. The summed E-state index contributed by atoms with van der Waals surface area (Å²) >= 11 is 1.62. The van der Waals surface area contributed by atoms with Crippen molar-refractivity contribution in [2.45, 2.75) is 39.4 Å². The van der Waals surface area contributed by atoms with Gasteiger partial charge in [-0.05, 0) is 20.8 Å². The molecule has 10 heteroatoms. The molecule has 2 rings (SSSR count). The molecule has 5 nitrogen and oxygen atoms in total. The van der Waals surface area contributed by atoms with Crippen LogP contribution in [-0.4, -0.2) is 72.2 Å². The van der Waals surface area contributed by atoms with E-state index in [1.807, 2.05) is 24.1 Å². The van der Waals surface area contributed by atoms with Gasteiger partial charge in [-0.25, -0.2) is 4.98 Å². The minimum atomic E-state index is -4.17. The Kier molecular flexibility index (Phi) is 9.59. The molecule has 1 aromatic rings. The maximum Gasteiger partial charge on any atom is 0.403 e. The van der Waals surface area contributed by atoms with Crippen LogP contribution in [0.25, 0.3) is 0 Å². The molecule has 0 saturated carbocycles. The van der Waals surface area contributed by atoms with Crippen LogP contribution in [0.5, 0.6) is 0 Å². The third kappa shape index (κ3) is 6.84. The van der Waals surface area contributed by atoms with Crippen molar-refractivity contribution in [3.8, 4) is 0 Å². The highest BCUT2D eigenvalue weighted by molar-refractivity contribution is 14.0. The van der Waals surface area contributed by atoms with Crippen molar-refractivity contribution in [2.75, 3.05) is 39.3 Å². The Bertz CT molecular complexity index is 570. The van der Waals surface area contributed by atoms with Gasteiger partial charge in [0.2, 0.25) is 0 Å². The molecule has 150 valence electrons. The van der Waals surface area contributed by atoms with E-state index in [1.165, 1.54) is 11.8 Å². The van der Waals surface area contributed by atoms with E-state index in [2.05, 4.69) is 15.3 Å². The highest BCUT2D eigenvalue weighted by Crippen LogP contribution is 2.25. The topological polar surface area (TPSA) is 43.8 Å². The number of thiazole rings is 1. The number of hydrogen-bond donors (Lipinski definition) is 1. The molecule has 0 amide bonds. The predicted molar refractivity (Wildman–Crippen MR) is 111 cm³/mol. The molecule has 1 N–H and O–H groups in total. The molecule has 1 atom stereocenters. The van der Waals surface area contributed by atoms with Crippen molar-refractivity contribution in [3.63, 3.8) is 0 Å². The molecule has 1 aliphatic rings. The summed E-state index contributed by atoms with van der Waals surface area (Å²) in [6, 6.07) is -1.40. The molecule has 0 radical (unpaired) electrons. The highest BCUT2D eigenvalue weighted by atomic mass is 127. The quantitative estimate of drug-likeness (QED) is 0.380. The first-order valence-corrected chi connectivity index (χ1v) is 9.44. The van der Waals surface area contributed by atoms with Crippen LogP contribution in [0, 0.1) is 6.92 Å². The average Bonchev–Trinajstić information content (AvgIpc) is 2.98. The van der Waals surface area contributed by atoms with Crippen molar-refractivity contribution in [1.82, 2.24) is 20.1 Å². The number of nitrogens with zero attached hydrogens (tertiary/aromatic N) is 4. The Hall–Kier alpha value is -0.620. The number of rotatable bonds is 5. The molecule has 1 unspecified atom stereocenters. The summed E-state index contributed by atoms with van der Waals surface area (Å²) in [5, 5.41) is 6.31. The Labute approximate surface area is 174 Å². The zero-order valence-corrected chi connectivity index (χ0v) is 18.5. The van der Waals surface area contributed by atoms with Gasteiger partial charge in [0.05, 0.1) is 10.7 Å². The number of aliphatic imine (C=N–C) groups is 1. The second-order valence-corrected chi connectivity index (χ2v) is 7.15. The fraction of sp³-hybridized carbons (Fsp3) is 0.750. The Balaban J connectivity index is 0.00000338. The van der Waals surface area contributed by atoms with Gasteiger partial charge in [0, 0.05) is 51.1 Å². The van der Waals surface area contributed by atoms with Gasteiger partial charge in [0.1, 0.15) is 6.04 Å². The van der Waals surface area contributed by atoms with Gasteiger partial charge < -0.3 is 10.2 Å². The fourth-order valence-corrected chi connectivity index (χ4v) is 3.40. The molecule has 1 saturated heterocycles. The fourth-order valence-electron chi connectivity index (χ4n) is 2.75. The van der Waals surface area contributed by atoms with Gasteiger partial charge in [-0.15, -0.1) is 35.3 Å². The number of alkyl halides is 3. The summed E-state index contributed by atoms with van der Waals surface area (Å²) in [6.45, 7) is 8.39. The molecule has 1 aliphatic heterocycles. The number of piperazine rings is 1. The smallest absolute Gasteiger partial charge is 0.357 e. The zero-order chi connectivity index (χ0) is 18.4. The molecule has 1 aromatic heterocycles. The van der Waals surface area contributed by atoms with E-state index >= 15 is 0 Å². The van der Waals surface area contributed by atoms with Gasteiger partial charge in [-0.3, -0.25) is 9.89 Å². The molecule has 26 heavy (non-hydrogen) atoms. The lowest BCUT2D eigenvalue weighted by molar-refractivity contribution is -0.181. The molecule has 0 bridgehead atoms. The number of hydrogen-bond acceptors (Lipinski definition) is 4. The predicted octanol–water partition coefficient (Wildman–Crippen LogP) is 3.15. The van der Waals surface area contributed by atoms with Crippen molar-refractivity contribution in [2.24, 2.45) is 4.99 Å². The van der Waals surface area contributed by atoms with Crippen molar-refractivity contribution in [1.29, 1.82) is 0 Å². The van der Waals surface area contributed by atoms with Crippen molar-refractivity contribution >= 4 is 41.3 Å². The van der Waals surface area contributed by atoms with Crippen LogP contribution in [0.1, 0.15) is 24.5 Å². The summed E-state index contributed by atoms with van der Waals surface area (Å²) in [5.74, 6) is 0.772. The third-order valence-corrected chi connectivity index (χ3v) is 5.09. The van der Waals surface area contributed by atoms with E-state index in [1.54, 1.807) is 11.3 Å². The Morgan fingerprint density at radius 1 is 1.35 bits per heavy atom. The molecule has 0 aliphatic carbocycles. The number of halogens is 4. The molecular formula is C16H27F3IN5S. The summed E-state index contributed by atoms with van der Waals surface area (Å²) < 4.78 is 38.5. The van der Waals surface area contributed by atoms with Gasteiger partial charge >= 0.3 is 6.18 Å². The SMILES string of the molecule is CCNC(=NCCc1csc(C)n1)N1CCN(C(C)C(F)(F)F)CC1.I. The van der Waals surface area contributed by atoms with E-state index in [0.29, 0.717) is 32.7 Å². The number of aromatic nitrogens is 1. The van der Waals surface area contributed by atoms with Crippen LogP contribution in [0.3, 0.4) is 0 Å². The van der Waals surface area contributed by atoms with Crippen LogP contribution < -0.4 is 5.32 Å². The molecule has 0 spiro atoms. The van der Waals surface area contributed by atoms with E-state index in [-0.39, 0.29) is 24.0 Å². The normalized spacial score (nSPS) is 17.8. The molecule has 2 heterocycles. The van der Waals surface area contributed by atoms with Crippen LogP contribution in [0.2, 0.25) is 0 Å². The Morgan fingerprint density at radius 3 is 2.50 bits per heavy atom. The lowest BCUT2D eigenvalue weighted by Crippen LogP contribution is -2.56. The number of nitrogens with one attached hydrogen (secondary N) is 1. The average molecular weight is 505 g/mol. The second-order valence-electron chi connectivity index (χ2n) is 6.08. The minimum Gasteiger partial charge on any atom is -0.357 e. The maximum atomic E-state index is 12.8. The van der Waals surface area contributed by atoms with Crippen molar-refractivity contribution in [3.05, 3.63) is 16.1 Å². The number of aryl methyl sites for hydroxylation is 1. The highest BCUT2D eigenvalue weighted by Gasteiger charge is 2.41. The largest absolute Gasteiger partial charge is 0.403 e. The first-order valence-electron chi connectivity index (χ1n) is 8.56.